The lowest BCUT2D eigenvalue weighted by atomic mass is 10.2. The van der Waals surface area contributed by atoms with E-state index in [-0.39, 0.29) is 0 Å². The molecule has 0 aliphatic rings. The summed E-state index contributed by atoms with van der Waals surface area (Å²) in [6, 6.07) is 7.10. The third-order valence-electron chi connectivity index (χ3n) is 3.73. The predicted octanol–water partition coefficient (Wildman–Crippen LogP) is 5.20. The van der Waals surface area contributed by atoms with Crippen molar-refractivity contribution in [2.24, 2.45) is 0 Å². The summed E-state index contributed by atoms with van der Waals surface area (Å²) >= 11 is 18.9. The molecule has 0 saturated carbocycles. The number of methoxy groups -OCH3 is 1. The first-order chi connectivity index (χ1) is 13.4. The summed E-state index contributed by atoms with van der Waals surface area (Å²) in [5.41, 5.74) is 2.05. The topological polar surface area (TPSA) is 68.2 Å². The Hall–Kier alpha value is -2.13. The van der Waals surface area contributed by atoms with Crippen molar-refractivity contribution >= 4 is 68.5 Å². The molecular weight excluding hydrogens is 439 g/mol. The monoisotopic (exact) mass is 454 g/mol. The van der Waals surface area contributed by atoms with E-state index in [0.29, 0.717) is 38.0 Å². The first kappa shape index (κ1) is 20.6. The van der Waals surface area contributed by atoms with Gasteiger partial charge in [-0.1, -0.05) is 29.3 Å². The molecule has 0 atom stereocenters. The minimum atomic E-state index is -0.415. The Labute approximate surface area is 181 Å². The van der Waals surface area contributed by atoms with Gasteiger partial charge >= 0.3 is 5.97 Å². The average Bonchev–Trinajstić information content (AvgIpc) is 3.22. The Balaban J connectivity index is 1.65. The summed E-state index contributed by atoms with van der Waals surface area (Å²) in [7, 11) is 1.34. The highest BCUT2D eigenvalue weighted by molar-refractivity contribution is 7.80. The molecule has 10 heteroatoms. The van der Waals surface area contributed by atoms with Crippen molar-refractivity contribution in [2.45, 2.75) is 13.5 Å². The van der Waals surface area contributed by atoms with E-state index in [0.717, 1.165) is 10.4 Å². The van der Waals surface area contributed by atoms with Crippen LogP contribution in [-0.4, -0.2) is 28.0 Å². The fraction of sp³-hybridized carbons (Fsp3) is 0.167. The third kappa shape index (κ3) is 5.02. The van der Waals surface area contributed by atoms with Crippen LogP contribution in [-0.2, 0) is 11.3 Å². The van der Waals surface area contributed by atoms with Crippen molar-refractivity contribution in [3.8, 4) is 0 Å². The average molecular weight is 455 g/mol. The summed E-state index contributed by atoms with van der Waals surface area (Å²) in [6.07, 6.45) is 3.46. The molecule has 146 valence electrons. The number of rotatable bonds is 5. The zero-order valence-electron chi connectivity index (χ0n) is 15.0. The summed E-state index contributed by atoms with van der Waals surface area (Å²) < 4.78 is 6.53. The van der Waals surface area contributed by atoms with Crippen LogP contribution in [0.4, 0.5) is 10.7 Å². The maximum atomic E-state index is 11.9. The van der Waals surface area contributed by atoms with Crippen LogP contribution in [0.3, 0.4) is 0 Å². The number of halogens is 2. The third-order valence-corrected chi connectivity index (χ3v) is 5.48. The Kier molecular flexibility index (Phi) is 6.56. The SMILES string of the molecule is COC(=O)c1cc(C)sc1NC(=S)Nc1cnn(Cc2ccc(Cl)cc2Cl)c1. The first-order valence-electron chi connectivity index (χ1n) is 8.09. The van der Waals surface area contributed by atoms with Crippen molar-refractivity contribution in [1.82, 2.24) is 9.78 Å². The van der Waals surface area contributed by atoms with Crippen molar-refractivity contribution in [3.63, 3.8) is 0 Å². The number of benzene rings is 1. The molecule has 3 rings (SSSR count). The number of nitrogens with one attached hydrogen (secondary N) is 2. The van der Waals surface area contributed by atoms with Gasteiger partial charge in [0.25, 0.3) is 0 Å². The highest BCUT2D eigenvalue weighted by atomic mass is 35.5. The standard InChI is InChI=1S/C18H16Cl2N4O2S2/c1-10-5-14(17(25)26-2)16(28-10)23-18(27)22-13-7-21-24(9-13)8-11-3-4-12(19)6-15(11)20/h3-7,9H,8H2,1-2H3,(H2,22,23,27). The van der Waals surface area contributed by atoms with Crippen LogP contribution in [0, 0.1) is 6.92 Å². The van der Waals surface area contributed by atoms with Gasteiger partial charge < -0.3 is 15.4 Å². The van der Waals surface area contributed by atoms with Gasteiger partial charge in [-0.3, -0.25) is 4.68 Å². The molecule has 3 aromatic rings. The van der Waals surface area contributed by atoms with Gasteiger partial charge in [-0.15, -0.1) is 11.3 Å². The molecule has 1 aromatic carbocycles. The molecule has 2 aromatic heterocycles. The Morgan fingerprint density at radius 1 is 1.32 bits per heavy atom. The number of ether oxygens (including phenoxy) is 1. The second kappa shape index (κ2) is 8.91. The normalized spacial score (nSPS) is 10.6. The lowest BCUT2D eigenvalue weighted by Gasteiger charge is -2.09. The predicted molar refractivity (Wildman–Crippen MR) is 118 cm³/mol. The molecule has 0 radical (unpaired) electrons. The minimum Gasteiger partial charge on any atom is -0.465 e. The lowest BCUT2D eigenvalue weighted by Crippen LogP contribution is -2.19. The Bertz CT molecular complexity index is 1030. The fourth-order valence-electron chi connectivity index (χ4n) is 2.47. The first-order valence-corrected chi connectivity index (χ1v) is 10.1. The van der Waals surface area contributed by atoms with Crippen LogP contribution >= 0.6 is 46.8 Å². The summed E-state index contributed by atoms with van der Waals surface area (Å²) in [5.74, 6) is -0.415. The van der Waals surface area contributed by atoms with E-state index in [1.807, 2.05) is 13.0 Å². The van der Waals surface area contributed by atoms with Crippen molar-refractivity contribution in [3.05, 3.63) is 62.7 Å². The molecular formula is C18H16Cl2N4O2S2. The molecule has 2 N–H and O–H groups in total. The molecule has 0 spiro atoms. The molecule has 0 bridgehead atoms. The summed E-state index contributed by atoms with van der Waals surface area (Å²) in [5, 5.41) is 12.5. The smallest absolute Gasteiger partial charge is 0.340 e. The minimum absolute atomic E-state index is 0.344. The van der Waals surface area contributed by atoms with Gasteiger partial charge in [0, 0.05) is 21.1 Å². The van der Waals surface area contributed by atoms with E-state index >= 15 is 0 Å². The van der Waals surface area contributed by atoms with Gasteiger partial charge in [0.05, 0.1) is 31.1 Å². The van der Waals surface area contributed by atoms with Gasteiger partial charge in [0.1, 0.15) is 5.00 Å². The molecule has 0 amide bonds. The molecule has 2 heterocycles. The molecule has 0 unspecified atom stereocenters. The highest BCUT2D eigenvalue weighted by Gasteiger charge is 2.16. The Morgan fingerprint density at radius 3 is 2.82 bits per heavy atom. The number of nitrogens with zero attached hydrogens (tertiary/aromatic N) is 2. The van der Waals surface area contributed by atoms with E-state index in [9.17, 15) is 4.79 Å². The molecule has 0 aliphatic carbocycles. The van der Waals surface area contributed by atoms with Crippen molar-refractivity contribution in [2.75, 3.05) is 17.7 Å². The number of esters is 1. The fourth-order valence-corrected chi connectivity index (χ4v) is 4.13. The number of thiocarbonyl (C=S) groups is 1. The lowest BCUT2D eigenvalue weighted by molar-refractivity contribution is 0.0602. The van der Waals surface area contributed by atoms with E-state index in [2.05, 4.69) is 15.7 Å². The van der Waals surface area contributed by atoms with Gasteiger partial charge in [0.2, 0.25) is 0 Å². The van der Waals surface area contributed by atoms with Crippen LogP contribution in [0.25, 0.3) is 0 Å². The van der Waals surface area contributed by atoms with Crippen LogP contribution in [0.5, 0.6) is 0 Å². The van der Waals surface area contributed by atoms with Gasteiger partial charge in [-0.2, -0.15) is 5.10 Å². The number of carbonyl (C=O) groups excluding carboxylic acids is 1. The second-order valence-corrected chi connectivity index (χ2v) is 8.34. The maximum Gasteiger partial charge on any atom is 0.340 e. The summed E-state index contributed by atoms with van der Waals surface area (Å²) in [6.45, 7) is 2.40. The largest absolute Gasteiger partial charge is 0.465 e. The second-order valence-electron chi connectivity index (χ2n) is 5.83. The van der Waals surface area contributed by atoms with Crippen LogP contribution in [0.15, 0.2) is 36.7 Å². The number of hydrogen-bond donors (Lipinski definition) is 2. The van der Waals surface area contributed by atoms with Crippen LogP contribution < -0.4 is 10.6 Å². The zero-order chi connectivity index (χ0) is 20.3. The number of carbonyl (C=O) groups is 1. The molecule has 6 nitrogen and oxygen atoms in total. The number of anilines is 2. The summed E-state index contributed by atoms with van der Waals surface area (Å²) in [4.78, 5) is 12.8. The van der Waals surface area contributed by atoms with Crippen molar-refractivity contribution in [1.29, 1.82) is 0 Å². The van der Waals surface area contributed by atoms with E-state index in [1.54, 1.807) is 35.3 Å². The molecule has 28 heavy (non-hydrogen) atoms. The molecule has 0 aliphatic heterocycles. The van der Waals surface area contributed by atoms with Crippen molar-refractivity contribution < 1.29 is 9.53 Å². The number of hydrogen-bond acceptors (Lipinski definition) is 5. The molecule has 0 fully saturated rings. The maximum absolute atomic E-state index is 11.9. The number of aromatic nitrogens is 2. The van der Waals surface area contributed by atoms with E-state index < -0.39 is 5.97 Å². The number of thiophene rings is 1. The number of aryl methyl sites for hydroxylation is 1. The Morgan fingerprint density at radius 2 is 2.11 bits per heavy atom. The van der Waals surface area contributed by atoms with Gasteiger partial charge in [-0.05, 0) is 42.9 Å². The molecule has 0 saturated heterocycles. The van der Waals surface area contributed by atoms with Gasteiger partial charge in [0.15, 0.2) is 5.11 Å². The van der Waals surface area contributed by atoms with E-state index in [4.69, 9.17) is 40.2 Å². The quantitative estimate of drug-likeness (QED) is 0.407. The highest BCUT2D eigenvalue weighted by Crippen LogP contribution is 2.28. The van der Waals surface area contributed by atoms with Crippen LogP contribution in [0.2, 0.25) is 10.0 Å². The van der Waals surface area contributed by atoms with Crippen LogP contribution in [0.1, 0.15) is 20.8 Å². The van der Waals surface area contributed by atoms with Gasteiger partial charge in [-0.25, -0.2) is 4.79 Å². The zero-order valence-corrected chi connectivity index (χ0v) is 18.1. The van der Waals surface area contributed by atoms with E-state index in [1.165, 1.54) is 18.4 Å².